The Morgan fingerprint density at radius 3 is 2.91 bits per heavy atom. The molecular formula is C7H15FN2O. The Morgan fingerprint density at radius 1 is 1.64 bits per heavy atom. The van der Waals surface area contributed by atoms with Crippen LogP contribution >= 0.6 is 0 Å². The highest BCUT2D eigenvalue weighted by atomic mass is 19.1. The number of piperidine rings is 1. The zero-order chi connectivity index (χ0) is 8.27. The van der Waals surface area contributed by atoms with Gasteiger partial charge in [-0.1, -0.05) is 0 Å². The molecule has 0 aromatic rings. The molecule has 0 bridgehead atoms. The summed E-state index contributed by atoms with van der Waals surface area (Å²) in [5, 5.41) is 9.03. The molecule has 0 aromatic carbocycles. The smallest absolute Gasteiger partial charge is 0.138 e. The van der Waals surface area contributed by atoms with Crippen LogP contribution in [0.1, 0.15) is 6.42 Å². The van der Waals surface area contributed by atoms with Gasteiger partial charge in [-0.15, -0.1) is 0 Å². The minimum Gasteiger partial charge on any atom is -0.390 e. The van der Waals surface area contributed by atoms with Gasteiger partial charge < -0.3 is 10.8 Å². The van der Waals surface area contributed by atoms with E-state index in [2.05, 4.69) is 0 Å². The van der Waals surface area contributed by atoms with Gasteiger partial charge in [0.2, 0.25) is 0 Å². The second-order valence-electron chi connectivity index (χ2n) is 2.96. The Labute approximate surface area is 66.0 Å². The second kappa shape index (κ2) is 3.99. The van der Waals surface area contributed by atoms with Crippen molar-refractivity contribution in [1.29, 1.82) is 0 Å². The molecule has 1 heterocycles. The van der Waals surface area contributed by atoms with E-state index in [0.717, 1.165) is 13.1 Å². The fourth-order valence-electron chi connectivity index (χ4n) is 1.34. The van der Waals surface area contributed by atoms with Crippen LogP contribution in [0.5, 0.6) is 0 Å². The van der Waals surface area contributed by atoms with Crippen molar-refractivity contribution < 1.29 is 9.50 Å². The van der Waals surface area contributed by atoms with E-state index in [9.17, 15) is 4.39 Å². The van der Waals surface area contributed by atoms with Gasteiger partial charge >= 0.3 is 0 Å². The molecule has 0 amide bonds. The van der Waals surface area contributed by atoms with Crippen molar-refractivity contribution in [3.05, 3.63) is 0 Å². The van der Waals surface area contributed by atoms with E-state index in [0.29, 0.717) is 19.5 Å². The number of halogens is 1. The minimum atomic E-state index is -1.09. The molecule has 1 aliphatic rings. The minimum absolute atomic E-state index is 0.332. The Morgan fingerprint density at radius 2 is 2.36 bits per heavy atom. The number of hydrogen-bond acceptors (Lipinski definition) is 3. The molecule has 3 nitrogen and oxygen atoms in total. The molecule has 1 aliphatic heterocycles. The fourth-order valence-corrected chi connectivity index (χ4v) is 1.34. The Bertz CT molecular complexity index is 123. The van der Waals surface area contributed by atoms with Crippen molar-refractivity contribution in [2.45, 2.75) is 18.7 Å². The Hall–Kier alpha value is -0.190. The van der Waals surface area contributed by atoms with Gasteiger partial charge in [0, 0.05) is 26.2 Å². The summed E-state index contributed by atoms with van der Waals surface area (Å²) in [7, 11) is 0. The zero-order valence-corrected chi connectivity index (χ0v) is 6.54. The molecule has 2 unspecified atom stereocenters. The lowest BCUT2D eigenvalue weighted by Crippen LogP contribution is -2.46. The van der Waals surface area contributed by atoms with Gasteiger partial charge in [0.25, 0.3) is 0 Å². The molecule has 0 aromatic heterocycles. The summed E-state index contributed by atoms with van der Waals surface area (Å²) in [4.78, 5) is 1.94. The van der Waals surface area contributed by atoms with Crippen LogP contribution in [0.4, 0.5) is 4.39 Å². The summed E-state index contributed by atoms with van der Waals surface area (Å²) in [5.41, 5.74) is 5.31. The van der Waals surface area contributed by atoms with Crippen LogP contribution in [0, 0.1) is 0 Å². The number of likely N-dealkylation sites (tertiary alicyclic amines) is 1. The highest BCUT2D eigenvalue weighted by molar-refractivity contribution is 4.79. The first kappa shape index (κ1) is 8.90. The normalized spacial score (nSPS) is 34.1. The number of hydrogen-bond donors (Lipinski definition) is 2. The molecule has 1 saturated heterocycles. The predicted octanol–water partition coefficient (Wildman–Crippen LogP) is -0.650. The van der Waals surface area contributed by atoms with Crippen LogP contribution in [0.25, 0.3) is 0 Å². The van der Waals surface area contributed by atoms with Crippen molar-refractivity contribution >= 4 is 0 Å². The molecule has 3 N–H and O–H groups in total. The van der Waals surface area contributed by atoms with Crippen molar-refractivity contribution in [2.24, 2.45) is 5.73 Å². The van der Waals surface area contributed by atoms with E-state index in [-0.39, 0.29) is 0 Å². The van der Waals surface area contributed by atoms with Crippen LogP contribution < -0.4 is 5.73 Å². The van der Waals surface area contributed by atoms with Crippen LogP contribution in [0.2, 0.25) is 0 Å². The topological polar surface area (TPSA) is 49.5 Å². The van der Waals surface area contributed by atoms with Gasteiger partial charge in [0.1, 0.15) is 6.17 Å². The van der Waals surface area contributed by atoms with E-state index in [4.69, 9.17) is 10.8 Å². The van der Waals surface area contributed by atoms with Gasteiger partial charge in [-0.05, 0) is 6.42 Å². The van der Waals surface area contributed by atoms with E-state index in [1.165, 1.54) is 0 Å². The number of rotatable bonds is 2. The fraction of sp³-hybridized carbons (Fsp3) is 1.00. The third-order valence-corrected chi connectivity index (χ3v) is 2.04. The Kier molecular flexibility index (Phi) is 3.23. The van der Waals surface area contributed by atoms with Gasteiger partial charge in [-0.3, -0.25) is 4.90 Å². The predicted molar refractivity (Wildman–Crippen MR) is 41.0 cm³/mol. The summed E-state index contributed by atoms with van der Waals surface area (Å²) in [6, 6.07) is 0. The maximum Gasteiger partial charge on any atom is 0.138 e. The van der Waals surface area contributed by atoms with Crippen LogP contribution in [-0.2, 0) is 0 Å². The quantitative estimate of drug-likeness (QED) is 0.567. The average molecular weight is 162 g/mol. The molecule has 0 aliphatic carbocycles. The number of aliphatic hydroxyl groups is 1. The van der Waals surface area contributed by atoms with Crippen LogP contribution in [-0.4, -0.2) is 48.5 Å². The third-order valence-electron chi connectivity index (χ3n) is 2.04. The van der Waals surface area contributed by atoms with E-state index in [1.807, 2.05) is 4.90 Å². The lowest BCUT2D eigenvalue weighted by molar-refractivity contribution is 0.00762. The first-order chi connectivity index (χ1) is 5.24. The molecule has 0 saturated carbocycles. The van der Waals surface area contributed by atoms with Crippen LogP contribution in [0.3, 0.4) is 0 Å². The number of alkyl halides is 1. The summed E-state index contributed by atoms with van der Waals surface area (Å²) >= 11 is 0. The first-order valence-electron chi connectivity index (χ1n) is 3.98. The van der Waals surface area contributed by atoms with E-state index < -0.39 is 12.3 Å². The van der Waals surface area contributed by atoms with Crippen molar-refractivity contribution in [1.82, 2.24) is 4.90 Å². The molecule has 0 spiro atoms. The molecule has 1 rings (SSSR count). The summed E-state index contributed by atoms with van der Waals surface area (Å²) in [6.07, 6.45) is -1.32. The Balaban J connectivity index is 2.28. The van der Waals surface area contributed by atoms with Gasteiger partial charge in [0.05, 0.1) is 6.10 Å². The van der Waals surface area contributed by atoms with Crippen molar-refractivity contribution in [2.75, 3.05) is 26.2 Å². The zero-order valence-electron chi connectivity index (χ0n) is 6.54. The number of nitrogens with two attached hydrogens (primary N) is 1. The molecular weight excluding hydrogens is 147 g/mol. The maximum atomic E-state index is 12.8. The lowest BCUT2D eigenvalue weighted by Gasteiger charge is -2.31. The third kappa shape index (κ3) is 2.39. The second-order valence-corrected chi connectivity index (χ2v) is 2.96. The highest BCUT2D eigenvalue weighted by Gasteiger charge is 2.26. The van der Waals surface area contributed by atoms with Gasteiger partial charge in [0.15, 0.2) is 0 Å². The van der Waals surface area contributed by atoms with Crippen LogP contribution in [0.15, 0.2) is 0 Å². The molecule has 2 atom stereocenters. The van der Waals surface area contributed by atoms with E-state index >= 15 is 0 Å². The lowest BCUT2D eigenvalue weighted by atomic mass is 10.1. The molecule has 4 heteroatoms. The number of aliphatic hydroxyl groups excluding tert-OH is 1. The molecule has 0 radical (unpaired) electrons. The SMILES string of the molecule is NCCN1CCC(O)C(F)C1. The monoisotopic (exact) mass is 162 g/mol. The summed E-state index contributed by atoms with van der Waals surface area (Å²) in [5.74, 6) is 0. The molecule has 11 heavy (non-hydrogen) atoms. The van der Waals surface area contributed by atoms with Crippen molar-refractivity contribution in [3.63, 3.8) is 0 Å². The highest BCUT2D eigenvalue weighted by Crippen LogP contribution is 2.12. The van der Waals surface area contributed by atoms with E-state index in [1.54, 1.807) is 0 Å². The largest absolute Gasteiger partial charge is 0.390 e. The van der Waals surface area contributed by atoms with Crippen molar-refractivity contribution in [3.8, 4) is 0 Å². The number of nitrogens with zero attached hydrogens (tertiary/aromatic N) is 1. The summed E-state index contributed by atoms with van der Waals surface area (Å²) < 4.78 is 12.8. The molecule has 66 valence electrons. The molecule has 1 fully saturated rings. The first-order valence-corrected chi connectivity index (χ1v) is 3.98. The van der Waals surface area contributed by atoms with Gasteiger partial charge in [-0.2, -0.15) is 0 Å². The average Bonchev–Trinajstić information content (AvgIpc) is 1.98. The van der Waals surface area contributed by atoms with Gasteiger partial charge in [-0.25, -0.2) is 4.39 Å². The summed E-state index contributed by atoms with van der Waals surface area (Å²) in [6.45, 7) is 2.38. The maximum absolute atomic E-state index is 12.8. The standard InChI is InChI=1S/C7H15FN2O/c8-6-5-10(4-2-9)3-1-7(6)11/h6-7,11H,1-5,9H2.